The van der Waals surface area contributed by atoms with E-state index in [-0.39, 0.29) is 6.03 Å². The average molecular weight is 353 g/mol. The SMILES string of the molecule is CC1CCN(CCCNC(=O)NCCCN2CC(C)CC(C)C2)CC1. The molecule has 0 aromatic rings. The number of hydrogen-bond donors (Lipinski definition) is 2. The van der Waals surface area contributed by atoms with Crippen LogP contribution < -0.4 is 10.6 Å². The highest BCUT2D eigenvalue weighted by Crippen LogP contribution is 2.20. The van der Waals surface area contributed by atoms with E-state index in [1.54, 1.807) is 0 Å². The van der Waals surface area contributed by atoms with Crippen LogP contribution in [-0.4, -0.2) is 68.2 Å². The summed E-state index contributed by atoms with van der Waals surface area (Å²) in [6.45, 7) is 15.7. The number of nitrogens with one attached hydrogen (secondary N) is 2. The molecule has 2 heterocycles. The predicted octanol–water partition coefficient (Wildman–Crippen LogP) is 2.78. The average Bonchev–Trinajstić information content (AvgIpc) is 2.56. The number of amides is 2. The molecule has 2 unspecified atom stereocenters. The molecule has 2 fully saturated rings. The Bertz CT molecular complexity index is 372. The van der Waals surface area contributed by atoms with E-state index in [1.807, 2.05) is 0 Å². The van der Waals surface area contributed by atoms with Crippen LogP contribution in [0.4, 0.5) is 4.79 Å². The van der Waals surface area contributed by atoms with Gasteiger partial charge < -0.3 is 20.4 Å². The lowest BCUT2D eigenvalue weighted by molar-refractivity contribution is 0.139. The second-order valence-electron chi connectivity index (χ2n) is 8.62. The van der Waals surface area contributed by atoms with Crippen LogP contribution in [0, 0.1) is 17.8 Å². The van der Waals surface area contributed by atoms with Crippen molar-refractivity contribution in [3.8, 4) is 0 Å². The van der Waals surface area contributed by atoms with Gasteiger partial charge >= 0.3 is 6.03 Å². The molecule has 146 valence electrons. The molecular formula is C20H40N4O. The van der Waals surface area contributed by atoms with Crippen molar-refractivity contribution in [2.24, 2.45) is 17.8 Å². The molecule has 5 nitrogen and oxygen atoms in total. The van der Waals surface area contributed by atoms with E-state index in [1.165, 1.54) is 45.4 Å². The fourth-order valence-corrected chi connectivity index (χ4v) is 4.33. The minimum absolute atomic E-state index is 0.00681. The molecule has 0 aromatic carbocycles. The molecular weight excluding hydrogens is 312 g/mol. The molecule has 0 bridgehead atoms. The van der Waals surface area contributed by atoms with Crippen LogP contribution in [0.1, 0.15) is 52.9 Å². The largest absolute Gasteiger partial charge is 0.338 e. The van der Waals surface area contributed by atoms with Crippen molar-refractivity contribution >= 4 is 6.03 Å². The van der Waals surface area contributed by atoms with Crippen LogP contribution in [0.5, 0.6) is 0 Å². The fraction of sp³-hybridized carbons (Fsp3) is 0.950. The van der Waals surface area contributed by atoms with Gasteiger partial charge in [0.15, 0.2) is 0 Å². The second-order valence-corrected chi connectivity index (χ2v) is 8.62. The van der Waals surface area contributed by atoms with Gasteiger partial charge in [-0.05, 0) is 76.0 Å². The molecule has 2 aliphatic heterocycles. The van der Waals surface area contributed by atoms with Crippen molar-refractivity contribution in [1.82, 2.24) is 20.4 Å². The number of rotatable bonds is 8. The molecule has 0 spiro atoms. The van der Waals surface area contributed by atoms with Crippen LogP contribution in [0.3, 0.4) is 0 Å². The molecule has 0 radical (unpaired) electrons. The maximum Gasteiger partial charge on any atom is 0.314 e. The lowest BCUT2D eigenvalue weighted by Gasteiger charge is -2.34. The van der Waals surface area contributed by atoms with Crippen molar-refractivity contribution in [2.75, 3.05) is 52.4 Å². The van der Waals surface area contributed by atoms with Crippen molar-refractivity contribution in [3.63, 3.8) is 0 Å². The first-order valence-electron chi connectivity index (χ1n) is 10.5. The Hall–Kier alpha value is -0.810. The Kier molecular flexibility index (Phi) is 9.04. The van der Waals surface area contributed by atoms with Gasteiger partial charge in [0.1, 0.15) is 0 Å². The second kappa shape index (κ2) is 11.0. The summed E-state index contributed by atoms with van der Waals surface area (Å²) >= 11 is 0. The Morgan fingerprint density at radius 3 is 1.92 bits per heavy atom. The van der Waals surface area contributed by atoms with Gasteiger partial charge in [0.2, 0.25) is 0 Å². The predicted molar refractivity (Wildman–Crippen MR) is 105 cm³/mol. The molecule has 5 heteroatoms. The number of nitrogens with zero attached hydrogens (tertiary/aromatic N) is 2. The van der Waals surface area contributed by atoms with Crippen molar-refractivity contribution < 1.29 is 4.79 Å². The van der Waals surface area contributed by atoms with Crippen LogP contribution in [0.2, 0.25) is 0 Å². The summed E-state index contributed by atoms with van der Waals surface area (Å²) in [4.78, 5) is 16.9. The minimum atomic E-state index is -0.00681. The monoisotopic (exact) mass is 352 g/mol. The quantitative estimate of drug-likeness (QED) is 0.661. The zero-order chi connectivity index (χ0) is 18.1. The molecule has 0 aromatic heterocycles. The molecule has 2 rings (SSSR count). The van der Waals surface area contributed by atoms with Crippen LogP contribution in [0.25, 0.3) is 0 Å². The van der Waals surface area contributed by atoms with Crippen LogP contribution in [-0.2, 0) is 0 Å². The van der Waals surface area contributed by atoms with Crippen molar-refractivity contribution in [1.29, 1.82) is 0 Å². The van der Waals surface area contributed by atoms with E-state index in [4.69, 9.17) is 0 Å². The number of hydrogen-bond acceptors (Lipinski definition) is 3. The maximum absolute atomic E-state index is 11.8. The molecule has 0 aliphatic carbocycles. The van der Waals surface area contributed by atoms with Gasteiger partial charge in [0.25, 0.3) is 0 Å². The van der Waals surface area contributed by atoms with Gasteiger partial charge in [-0.3, -0.25) is 0 Å². The first-order valence-corrected chi connectivity index (χ1v) is 10.5. The maximum atomic E-state index is 11.8. The van der Waals surface area contributed by atoms with Gasteiger partial charge in [0.05, 0.1) is 0 Å². The van der Waals surface area contributed by atoms with Crippen molar-refractivity contribution in [2.45, 2.75) is 52.9 Å². The minimum Gasteiger partial charge on any atom is -0.338 e. The highest BCUT2D eigenvalue weighted by Gasteiger charge is 2.21. The van der Waals surface area contributed by atoms with E-state index in [0.717, 1.165) is 56.8 Å². The Balaban J connectivity index is 1.43. The molecule has 2 amide bonds. The standard InChI is InChI=1S/C20H40N4O/c1-17-6-12-23(13-7-17)10-4-8-21-20(25)22-9-5-11-24-15-18(2)14-19(3)16-24/h17-19H,4-16H2,1-3H3,(H2,21,22,25). The van der Waals surface area contributed by atoms with E-state index < -0.39 is 0 Å². The molecule has 2 atom stereocenters. The van der Waals surface area contributed by atoms with Gasteiger partial charge in [0, 0.05) is 26.2 Å². The summed E-state index contributed by atoms with van der Waals surface area (Å²) in [7, 11) is 0. The topological polar surface area (TPSA) is 47.6 Å². The number of carbonyl (C=O) groups excluding carboxylic acids is 1. The van der Waals surface area contributed by atoms with Crippen molar-refractivity contribution in [3.05, 3.63) is 0 Å². The first-order chi connectivity index (χ1) is 12.0. The van der Waals surface area contributed by atoms with Crippen LogP contribution in [0.15, 0.2) is 0 Å². The Labute approximate surface area is 154 Å². The normalized spacial score (nSPS) is 26.5. The number of carbonyl (C=O) groups is 1. The number of urea groups is 1. The molecule has 0 saturated carbocycles. The van der Waals surface area contributed by atoms with E-state index in [9.17, 15) is 4.79 Å². The third-order valence-corrected chi connectivity index (χ3v) is 5.69. The van der Waals surface area contributed by atoms with Gasteiger partial charge in [-0.2, -0.15) is 0 Å². The third kappa shape index (κ3) is 8.41. The Morgan fingerprint density at radius 2 is 1.36 bits per heavy atom. The van der Waals surface area contributed by atoms with Crippen LogP contribution >= 0.6 is 0 Å². The summed E-state index contributed by atoms with van der Waals surface area (Å²) in [6, 6.07) is -0.00681. The highest BCUT2D eigenvalue weighted by atomic mass is 16.2. The fourth-order valence-electron chi connectivity index (χ4n) is 4.33. The summed E-state index contributed by atoms with van der Waals surface area (Å²) in [5, 5.41) is 5.99. The zero-order valence-electron chi connectivity index (χ0n) is 16.7. The lowest BCUT2D eigenvalue weighted by atomic mass is 9.92. The number of piperidine rings is 2. The third-order valence-electron chi connectivity index (χ3n) is 5.69. The van der Waals surface area contributed by atoms with E-state index in [2.05, 4.69) is 41.2 Å². The molecule has 2 N–H and O–H groups in total. The summed E-state index contributed by atoms with van der Waals surface area (Å²) < 4.78 is 0. The highest BCUT2D eigenvalue weighted by molar-refractivity contribution is 5.73. The summed E-state index contributed by atoms with van der Waals surface area (Å²) in [6.07, 6.45) is 6.09. The molecule has 25 heavy (non-hydrogen) atoms. The first kappa shape index (κ1) is 20.5. The lowest BCUT2D eigenvalue weighted by Crippen LogP contribution is -2.41. The Morgan fingerprint density at radius 1 is 0.840 bits per heavy atom. The summed E-state index contributed by atoms with van der Waals surface area (Å²) in [5.74, 6) is 2.50. The van der Waals surface area contributed by atoms with Gasteiger partial charge in [-0.1, -0.05) is 20.8 Å². The van der Waals surface area contributed by atoms with E-state index in [0.29, 0.717) is 0 Å². The smallest absolute Gasteiger partial charge is 0.314 e. The van der Waals surface area contributed by atoms with E-state index >= 15 is 0 Å². The van der Waals surface area contributed by atoms with Gasteiger partial charge in [-0.15, -0.1) is 0 Å². The summed E-state index contributed by atoms with van der Waals surface area (Å²) in [5.41, 5.74) is 0. The molecule has 2 aliphatic rings. The van der Waals surface area contributed by atoms with Gasteiger partial charge in [-0.25, -0.2) is 4.79 Å². The number of likely N-dealkylation sites (tertiary alicyclic amines) is 2. The zero-order valence-corrected chi connectivity index (χ0v) is 16.7. The molecule has 2 saturated heterocycles.